The van der Waals surface area contributed by atoms with Crippen LogP contribution >= 0.6 is 0 Å². The Morgan fingerprint density at radius 1 is 0.941 bits per heavy atom. The average molecular weight is 482 g/mol. The van der Waals surface area contributed by atoms with Crippen molar-refractivity contribution in [2.24, 2.45) is 0 Å². The molecule has 0 atom stereocenters. The number of para-hydroxylation sites is 1. The summed E-state index contributed by atoms with van der Waals surface area (Å²) in [6, 6.07) is 18.8. The van der Waals surface area contributed by atoms with E-state index in [0.717, 1.165) is 0 Å². The molecule has 9 heteroatoms. The number of piperidine rings is 1. The molecule has 4 rings (SSSR count). The zero-order valence-corrected chi connectivity index (χ0v) is 19.7. The van der Waals surface area contributed by atoms with Crippen LogP contribution in [0.1, 0.15) is 30.1 Å². The molecule has 0 spiro atoms. The van der Waals surface area contributed by atoms with E-state index in [1.165, 1.54) is 6.07 Å². The number of nitrogens with zero attached hydrogens (tertiary/aromatic N) is 1. The molecule has 0 unspecified atom stereocenters. The average Bonchev–Trinajstić information content (AvgIpc) is 2.84. The van der Waals surface area contributed by atoms with Gasteiger partial charge in [-0.25, -0.2) is 17.9 Å². The van der Waals surface area contributed by atoms with Gasteiger partial charge in [-0.05, 0) is 49.4 Å². The second-order valence-corrected chi connectivity index (χ2v) is 9.74. The number of carbonyl (C=O) groups is 2. The summed E-state index contributed by atoms with van der Waals surface area (Å²) in [6.45, 7) is 2.90. The third-order valence-corrected chi connectivity index (χ3v) is 7.37. The topological polar surface area (TPSA) is 105 Å². The van der Waals surface area contributed by atoms with E-state index in [1.807, 2.05) is 18.2 Å². The van der Waals surface area contributed by atoms with Crippen molar-refractivity contribution in [2.45, 2.75) is 30.7 Å². The summed E-state index contributed by atoms with van der Waals surface area (Å²) in [7, 11) is -3.85. The molecule has 8 nitrogen and oxygen atoms in total. The van der Waals surface area contributed by atoms with Crippen LogP contribution in [-0.2, 0) is 14.8 Å². The second kappa shape index (κ2) is 10.2. The maximum Gasteiger partial charge on any atom is 0.409 e. The van der Waals surface area contributed by atoms with Gasteiger partial charge in [0.1, 0.15) is 0 Å². The molecule has 0 aromatic heterocycles. The number of hydrogen-bond donors (Lipinski definition) is 2. The lowest BCUT2D eigenvalue weighted by molar-refractivity contribution is 0.0964. The van der Waals surface area contributed by atoms with Crippen LogP contribution in [0.15, 0.2) is 71.6 Å². The Balaban J connectivity index is 1.54. The highest BCUT2D eigenvalue weighted by molar-refractivity contribution is 7.89. The Morgan fingerprint density at radius 2 is 1.62 bits per heavy atom. The second-order valence-electron chi connectivity index (χ2n) is 8.06. The van der Waals surface area contributed by atoms with Gasteiger partial charge in [0.2, 0.25) is 10.0 Å². The molecule has 2 N–H and O–H groups in total. The Bertz CT molecular complexity index is 1290. The zero-order chi connectivity index (χ0) is 24.1. The highest BCUT2D eigenvalue weighted by Gasteiger charge is 2.28. The molecule has 0 saturated carbocycles. The number of carbonyl (C=O) groups excluding carboxylic acids is 2. The highest BCUT2D eigenvalue weighted by atomic mass is 32.2. The van der Waals surface area contributed by atoms with Crippen LogP contribution in [0.25, 0.3) is 10.8 Å². The van der Waals surface area contributed by atoms with Gasteiger partial charge < -0.3 is 15.0 Å². The fourth-order valence-electron chi connectivity index (χ4n) is 4.11. The van der Waals surface area contributed by atoms with Gasteiger partial charge in [0.05, 0.1) is 11.5 Å². The smallest absolute Gasteiger partial charge is 0.409 e. The standard InChI is InChI=1S/C25H27N3O5S/c1-2-33-25(30)28-16-14-19(15-17-28)27-34(31,32)23-13-7-10-20-21(23)11-6-12-22(20)24(29)26-18-8-4-3-5-9-18/h3-13,19,27H,2,14-17H2,1H3,(H,26,29). The number of ether oxygens (including phenoxy) is 1. The molecule has 34 heavy (non-hydrogen) atoms. The SMILES string of the molecule is CCOC(=O)N1CCC(NS(=O)(=O)c2cccc3c(C(=O)Nc4ccccc4)cccc23)CC1. The van der Waals surface area contributed by atoms with Crippen molar-refractivity contribution >= 4 is 38.5 Å². The molecule has 1 aliphatic rings. The lowest BCUT2D eigenvalue weighted by atomic mass is 10.0. The van der Waals surface area contributed by atoms with Crippen LogP contribution in [0.2, 0.25) is 0 Å². The number of rotatable bonds is 6. The molecule has 3 aromatic rings. The first kappa shape index (κ1) is 23.7. The fourth-order valence-corrected chi connectivity index (χ4v) is 5.64. The number of anilines is 1. The van der Waals surface area contributed by atoms with E-state index in [4.69, 9.17) is 4.74 Å². The van der Waals surface area contributed by atoms with E-state index < -0.39 is 10.0 Å². The minimum Gasteiger partial charge on any atom is -0.450 e. The van der Waals surface area contributed by atoms with Crippen LogP contribution in [0.5, 0.6) is 0 Å². The summed E-state index contributed by atoms with van der Waals surface area (Å²) in [5, 5.41) is 3.87. The molecule has 1 saturated heterocycles. The molecule has 0 bridgehead atoms. The van der Waals surface area contributed by atoms with Crippen molar-refractivity contribution in [3.05, 3.63) is 72.3 Å². The third kappa shape index (κ3) is 5.21. The van der Waals surface area contributed by atoms with E-state index in [2.05, 4.69) is 10.0 Å². The predicted octanol–water partition coefficient (Wildman–Crippen LogP) is 3.99. The Hall–Kier alpha value is -3.43. The Morgan fingerprint density at radius 3 is 2.32 bits per heavy atom. The summed E-state index contributed by atoms with van der Waals surface area (Å²) >= 11 is 0. The quantitative estimate of drug-likeness (QED) is 0.554. The minimum atomic E-state index is -3.85. The summed E-state index contributed by atoms with van der Waals surface area (Å²) < 4.78 is 34.4. The molecular formula is C25H27N3O5S. The van der Waals surface area contributed by atoms with Gasteiger partial charge in [-0.2, -0.15) is 0 Å². The molecule has 0 radical (unpaired) electrons. The lowest BCUT2D eigenvalue weighted by Crippen LogP contribution is -2.46. The van der Waals surface area contributed by atoms with Crippen LogP contribution in [0.3, 0.4) is 0 Å². The van der Waals surface area contributed by atoms with E-state index >= 15 is 0 Å². The van der Waals surface area contributed by atoms with Crippen LogP contribution in [0.4, 0.5) is 10.5 Å². The maximum absolute atomic E-state index is 13.3. The van der Waals surface area contributed by atoms with E-state index in [1.54, 1.807) is 54.3 Å². The fraction of sp³-hybridized carbons (Fsp3) is 0.280. The van der Waals surface area contributed by atoms with Crippen molar-refractivity contribution < 1.29 is 22.7 Å². The Labute approximate surface area is 199 Å². The van der Waals surface area contributed by atoms with Gasteiger partial charge in [0.15, 0.2) is 0 Å². The van der Waals surface area contributed by atoms with Crippen molar-refractivity contribution in [3.63, 3.8) is 0 Å². The van der Waals surface area contributed by atoms with Gasteiger partial charge in [-0.15, -0.1) is 0 Å². The minimum absolute atomic E-state index is 0.118. The number of hydrogen-bond acceptors (Lipinski definition) is 5. The van der Waals surface area contributed by atoms with Gasteiger partial charge in [-0.3, -0.25) is 4.79 Å². The number of sulfonamides is 1. The van der Waals surface area contributed by atoms with Gasteiger partial charge in [-0.1, -0.05) is 42.5 Å². The number of benzene rings is 3. The number of likely N-dealkylation sites (tertiary alicyclic amines) is 1. The molecule has 1 aliphatic heterocycles. The first-order chi connectivity index (χ1) is 16.4. The summed E-state index contributed by atoms with van der Waals surface area (Å²) in [5.41, 5.74) is 1.05. The normalized spacial score (nSPS) is 14.7. The van der Waals surface area contributed by atoms with Crippen molar-refractivity contribution in [1.29, 1.82) is 0 Å². The van der Waals surface area contributed by atoms with E-state index in [-0.39, 0.29) is 22.9 Å². The lowest BCUT2D eigenvalue weighted by Gasteiger charge is -2.31. The summed E-state index contributed by atoms with van der Waals surface area (Å²) in [5.74, 6) is -0.314. The van der Waals surface area contributed by atoms with Crippen molar-refractivity contribution in [1.82, 2.24) is 9.62 Å². The van der Waals surface area contributed by atoms with Crippen LogP contribution < -0.4 is 10.0 Å². The largest absolute Gasteiger partial charge is 0.450 e. The first-order valence-electron chi connectivity index (χ1n) is 11.2. The predicted molar refractivity (Wildman–Crippen MR) is 130 cm³/mol. The number of fused-ring (bicyclic) bond motifs is 1. The molecular weight excluding hydrogens is 454 g/mol. The zero-order valence-electron chi connectivity index (χ0n) is 18.9. The highest BCUT2D eigenvalue weighted by Crippen LogP contribution is 2.27. The van der Waals surface area contributed by atoms with Crippen molar-refractivity contribution in [2.75, 3.05) is 25.0 Å². The summed E-state index contributed by atoms with van der Waals surface area (Å²) in [4.78, 5) is 26.5. The monoisotopic (exact) mass is 481 g/mol. The Kier molecular flexibility index (Phi) is 7.14. The number of amides is 2. The van der Waals surface area contributed by atoms with E-state index in [9.17, 15) is 18.0 Å². The van der Waals surface area contributed by atoms with Crippen molar-refractivity contribution in [3.8, 4) is 0 Å². The number of nitrogens with one attached hydrogen (secondary N) is 2. The third-order valence-electron chi connectivity index (χ3n) is 5.79. The summed E-state index contributed by atoms with van der Waals surface area (Å²) in [6.07, 6.45) is 0.611. The molecule has 178 valence electrons. The molecule has 1 heterocycles. The van der Waals surface area contributed by atoms with Gasteiger partial charge in [0, 0.05) is 35.8 Å². The van der Waals surface area contributed by atoms with Crippen LogP contribution in [0, 0.1) is 0 Å². The molecule has 1 fully saturated rings. The van der Waals surface area contributed by atoms with Gasteiger partial charge in [0.25, 0.3) is 5.91 Å². The molecule has 3 aromatic carbocycles. The van der Waals surface area contributed by atoms with Gasteiger partial charge >= 0.3 is 6.09 Å². The van der Waals surface area contributed by atoms with Crippen LogP contribution in [-0.4, -0.2) is 51.1 Å². The first-order valence-corrected chi connectivity index (χ1v) is 12.7. The molecule has 2 amide bonds. The molecule has 0 aliphatic carbocycles. The maximum atomic E-state index is 13.3. The van der Waals surface area contributed by atoms with E-state index in [0.29, 0.717) is 54.6 Å².